The molecule has 0 radical (unpaired) electrons. The average molecular weight is 336 g/mol. The van der Waals surface area contributed by atoms with Crippen LogP contribution in [0.15, 0.2) is 39.6 Å². The third-order valence-corrected chi connectivity index (χ3v) is 4.34. The monoisotopic (exact) mass is 335 g/mol. The van der Waals surface area contributed by atoms with Crippen LogP contribution in [0.5, 0.6) is 0 Å². The van der Waals surface area contributed by atoms with Crippen LogP contribution in [-0.4, -0.2) is 6.54 Å². The molecule has 1 heterocycles. The van der Waals surface area contributed by atoms with Gasteiger partial charge in [0.15, 0.2) is 4.67 Å². The van der Waals surface area contributed by atoms with Gasteiger partial charge in [0.05, 0.1) is 12.3 Å². The normalized spacial score (nSPS) is 12.6. The summed E-state index contributed by atoms with van der Waals surface area (Å²) in [6.07, 6.45) is 3.89. The van der Waals surface area contributed by atoms with Gasteiger partial charge in [-0.2, -0.15) is 0 Å². The zero-order valence-electron chi connectivity index (χ0n) is 12.4. The van der Waals surface area contributed by atoms with Crippen LogP contribution in [0.25, 0.3) is 0 Å². The summed E-state index contributed by atoms with van der Waals surface area (Å²) >= 11 is 3.49. The number of aryl methyl sites for hydroxylation is 2. The van der Waals surface area contributed by atoms with Gasteiger partial charge in [-0.15, -0.1) is 0 Å². The molecule has 0 fully saturated rings. The minimum absolute atomic E-state index is 0.171. The first-order valence-electron chi connectivity index (χ1n) is 7.29. The molecule has 2 nitrogen and oxygen atoms in total. The van der Waals surface area contributed by atoms with Crippen molar-refractivity contribution in [2.75, 3.05) is 6.54 Å². The van der Waals surface area contributed by atoms with Crippen LogP contribution >= 0.6 is 15.9 Å². The van der Waals surface area contributed by atoms with Crippen molar-refractivity contribution < 1.29 is 4.42 Å². The van der Waals surface area contributed by atoms with Gasteiger partial charge >= 0.3 is 0 Å². The summed E-state index contributed by atoms with van der Waals surface area (Å²) in [5, 5.41) is 3.54. The largest absolute Gasteiger partial charge is 0.457 e. The van der Waals surface area contributed by atoms with Crippen LogP contribution in [0.2, 0.25) is 0 Å². The molecule has 108 valence electrons. The van der Waals surface area contributed by atoms with Crippen LogP contribution in [0.4, 0.5) is 0 Å². The lowest BCUT2D eigenvalue weighted by molar-refractivity contribution is 0.526. The third-order valence-electron chi connectivity index (χ3n) is 3.69. The van der Waals surface area contributed by atoms with E-state index in [1.165, 1.54) is 16.7 Å². The molecule has 1 N–H and O–H groups in total. The zero-order chi connectivity index (χ0) is 14.5. The minimum Gasteiger partial charge on any atom is -0.457 e. The van der Waals surface area contributed by atoms with Crippen LogP contribution in [0.3, 0.4) is 0 Å². The van der Waals surface area contributed by atoms with Crippen molar-refractivity contribution in [2.24, 2.45) is 0 Å². The van der Waals surface area contributed by atoms with E-state index in [2.05, 4.69) is 60.2 Å². The average Bonchev–Trinajstić information content (AvgIpc) is 2.90. The molecule has 2 aromatic rings. The fourth-order valence-electron chi connectivity index (χ4n) is 2.62. The lowest BCUT2D eigenvalue weighted by Gasteiger charge is -2.19. The summed E-state index contributed by atoms with van der Waals surface area (Å²) in [6.45, 7) is 7.47. The molecule has 0 saturated heterocycles. The summed E-state index contributed by atoms with van der Waals surface area (Å²) in [6, 6.07) is 9.00. The smallest absolute Gasteiger partial charge is 0.174 e. The molecule has 0 aliphatic heterocycles. The van der Waals surface area contributed by atoms with Crippen molar-refractivity contribution in [3.63, 3.8) is 0 Å². The van der Waals surface area contributed by atoms with Gasteiger partial charge in [-0.25, -0.2) is 0 Å². The van der Waals surface area contributed by atoms with Crippen LogP contribution in [0, 0.1) is 0 Å². The van der Waals surface area contributed by atoms with Gasteiger partial charge < -0.3 is 9.73 Å². The SMILES string of the molecule is CCNC(c1ccc(CC)c(CC)c1)c1ccoc1Br. The van der Waals surface area contributed by atoms with Gasteiger partial charge in [-0.3, -0.25) is 0 Å². The molecule has 0 aliphatic rings. The van der Waals surface area contributed by atoms with Crippen LogP contribution in [0.1, 0.15) is 49.1 Å². The molecule has 0 saturated carbocycles. The third kappa shape index (κ3) is 3.15. The van der Waals surface area contributed by atoms with E-state index >= 15 is 0 Å². The molecule has 0 bridgehead atoms. The van der Waals surface area contributed by atoms with E-state index in [4.69, 9.17) is 4.42 Å². The molecular weight excluding hydrogens is 314 g/mol. The molecule has 1 atom stereocenters. The summed E-state index contributed by atoms with van der Waals surface area (Å²) in [5.41, 5.74) is 5.33. The lowest BCUT2D eigenvalue weighted by atomic mass is 9.94. The molecule has 0 spiro atoms. The number of furan rings is 1. The van der Waals surface area contributed by atoms with E-state index in [0.717, 1.165) is 29.6 Å². The molecule has 1 aromatic heterocycles. The summed E-state index contributed by atoms with van der Waals surface area (Å²) < 4.78 is 6.20. The van der Waals surface area contributed by atoms with E-state index < -0.39 is 0 Å². The van der Waals surface area contributed by atoms with Crippen molar-refractivity contribution in [3.05, 3.63) is 57.5 Å². The maximum atomic E-state index is 5.39. The quantitative estimate of drug-likeness (QED) is 0.814. The molecule has 20 heavy (non-hydrogen) atoms. The van der Waals surface area contributed by atoms with E-state index in [0.29, 0.717) is 0 Å². The Balaban J connectivity index is 2.42. The first-order valence-corrected chi connectivity index (χ1v) is 8.08. The molecule has 1 aromatic carbocycles. The Kier molecular flexibility index (Phi) is 5.44. The van der Waals surface area contributed by atoms with E-state index in [1.807, 2.05) is 6.07 Å². The topological polar surface area (TPSA) is 25.2 Å². The van der Waals surface area contributed by atoms with Crippen molar-refractivity contribution in [2.45, 2.75) is 39.7 Å². The predicted octanol–water partition coefficient (Wildman–Crippen LogP) is 4.87. The second-order valence-electron chi connectivity index (χ2n) is 4.88. The second kappa shape index (κ2) is 7.09. The highest BCUT2D eigenvalue weighted by atomic mass is 79.9. The maximum Gasteiger partial charge on any atom is 0.174 e. The van der Waals surface area contributed by atoms with E-state index in [1.54, 1.807) is 6.26 Å². The highest BCUT2D eigenvalue weighted by Crippen LogP contribution is 2.30. The Labute approximate surface area is 129 Å². The Morgan fingerprint density at radius 2 is 1.85 bits per heavy atom. The predicted molar refractivity (Wildman–Crippen MR) is 87.1 cm³/mol. The number of hydrogen-bond acceptors (Lipinski definition) is 2. The molecule has 3 heteroatoms. The van der Waals surface area contributed by atoms with Crippen LogP contribution in [-0.2, 0) is 12.8 Å². The van der Waals surface area contributed by atoms with Gasteiger partial charge in [0, 0.05) is 5.56 Å². The number of rotatable bonds is 6. The van der Waals surface area contributed by atoms with Crippen molar-refractivity contribution >= 4 is 15.9 Å². The molecule has 1 unspecified atom stereocenters. The van der Waals surface area contributed by atoms with Gasteiger partial charge in [0.2, 0.25) is 0 Å². The highest BCUT2D eigenvalue weighted by Gasteiger charge is 2.18. The first kappa shape index (κ1) is 15.3. The van der Waals surface area contributed by atoms with E-state index in [9.17, 15) is 0 Å². The summed E-state index contributed by atoms with van der Waals surface area (Å²) in [4.78, 5) is 0. The standard InChI is InChI=1S/C17H22BrNO/c1-4-12-7-8-14(11-13(12)5-2)16(19-6-3)15-9-10-20-17(15)18/h7-11,16,19H,4-6H2,1-3H3. The molecule has 2 rings (SSSR count). The number of hydrogen-bond donors (Lipinski definition) is 1. The van der Waals surface area contributed by atoms with Gasteiger partial charge in [0.25, 0.3) is 0 Å². The maximum absolute atomic E-state index is 5.39. The minimum atomic E-state index is 0.171. The first-order chi connectivity index (χ1) is 9.71. The molecule has 0 aliphatic carbocycles. The highest BCUT2D eigenvalue weighted by molar-refractivity contribution is 9.10. The fraction of sp³-hybridized carbons (Fsp3) is 0.412. The van der Waals surface area contributed by atoms with Gasteiger partial charge in [-0.05, 0) is 58.1 Å². The Hall–Kier alpha value is -1.06. The number of benzene rings is 1. The number of nitrogens with one attached hydrogen (secondary N) is 1. The molecule has 0 amide bonds. The summed E-state index contributed by atoms with van der Waals surface area (Å²) in [5.74, 6) is 0. The van der Waals surface area contributed by atoms with Crippen molar-refractivity contribution in [3.8, 4) is 0 Å². The lowest BCUT2D eigenvalue weighted by Crippen LogP contribution is -2.22. The van der Waals surface area contributed by atoms with Crippen LogP contribution < -0.4 is 5.32 Å². The van der Waals surface area contributed by atoms with Gasteiger partial charge in [0.1, 0.15) is 0 Å². The fourth-order valence-corrected chi connectivity index (χ4v) is 3.09. The van der Waals surface area contributed by atoms with Crippen molar-refractivity contribution in [1.29, 1.82) is 0 Å². The number of halogens is 1. The Bertz CT molecular complexity index is 562. The second-order valence-corrected chi connectivity index (χ2v) is 5.60. The van der Waals surface area contributed by atoms with Crippen molar-refractivity contribution in [1.82, 2.24) is 5.32 Å². The van der Waals surface area contributed by atoms with E-state index in [-0.39, 0.29) is 6.04 Å². The molecular formula is C17H22BrNO. The summed E-state index contributed by atoms with van der Waals surface area (Å²) in [7, 11) is 0. The Morgan fingerprint density at radius 3 is 2.40 bits per heavy atom. The van der Waals surface area contributed by atoms with Gasteiger partial charge in [-0.1, -0.05) is 39.0 Å². The zero-order valence-corrected chi connectivity index (χ0v) is 14.0. The Morgan fingerprint density at radius 1 is 1.10 bits per heavy atom.